The Morgan fingerprint density at radius 1 is 1.17 bits per heavy atom. The van der Waals surface area contributed by atoms with E-state index in [1.54, 1.807) is 16.7 Å². The van der Waals surface area contributed by atoms with Crippen LogP contribution in [0.4, 0.5) is 4.79 Å². The average molecular weight is 324 g/mol. The third kappa shape index (κ3) is 3.95. The Hall–Kier alpha value is -1.79. The van der Waals surface area contributed by atoms with Gasteiger partial charge in [0.15, 0.2) is 0 Å². The third-order valence-electron chi connectivity index (χ3n) is 4.62. The van der Waals surface area contributed by atoms with Crippen molar-refractivity contribution >= 4 is 17.8 Å². The lowest BCUT2D eigenvalue weighted by Gasteiger charge is -2.33. The van der Waals surface area contributed by atoms with Crippen LogP contribution in [0, 0.1) is 5.41 Å². The molecule has 2 fully saturated rings. The zero-order valence-electron chi connectivity index (χ0n) is 14.6. The van der Waals surface area contributed by atoms with Crippen LogP contribution in [0.25, 0.3) is 0 Å². The van der Waals surface area contributed by atoms with Gasteiger partial charge in [0.25, 0.3) is 0 Å². The molecule has 7 nitrogen and oxygen atoms in total. The van der Waals surface area contributed by atoms with Crippen LogP contribution in [0.5, 0.6) is 0 Å². The smallest absolute Gasteiger partial charge is 0.317 e. The maximum atomic E-state index is 12.4. The van der Waals surface area contributed by atoms with Crippen LogP contribution in [-0.2, 0) is 9.59 Å². The molecule has 2 aliphatic rings. The molecule has 0 aromatic rings. The van der Waals surface area contributed by atoms with Crippen molar-refractivity contribution in [2.24, 2.45) is 5.41 Å². The first kappa shape index (κ1) is 17.6. The Bertz CT molecular complexity index is 494. The molecule has 0 bridgehead atoms. The maximum absolute atomic E-state index is 12.4. The molecule has 130 valence electrons. The molecule has 7 heteroatoms. The van der Waals surface area contributed by atoms with E-state index >= 15 is 0 Å². The first-order valence-corrected chi connectivity index (χ1v) is 8.35. The lowest BCUT2D eigenvalue weighted by molar-refractivity contribution is -0.130. The predicted molar refractivity (Wildman–Crippen MR) is 86.8 cm³/mol. The van der Waals surface area contributed by atoms with Crippen molar-refractivity contribution in [3.05, 3.63) is 0 Å². The number of hydrogen-bond donors (Lipinski definition) is 1. The molecule has 2 rings (SSSR count). The number of amides is 4. The van der Waals surface area contributed by atoms with E-state index in [9.17, 15) is 14.4 Å². The average Bonchev–Trinajstić information content (AvgIpc) is 2.64. The Morgan fingerprint density at radius 2 is 1.78 bits per heavy atom. The van der Waals surface area contributed by atoms with E-state index in [1.165, 1.54) is 0 Å². The molecule has 0 saturated carbocycles. The molecule has 1 atom stereocenters. The van der Waals surface area contributed by atoms with Gasteiger partial charge in [0.2, 0.25) is 11.8 Å². The van der Waals surface area contributed by atoms with Gasteiger partial charge in [-0.1, -0.05) is 0 Å². The first-order chi connectivity index (χ1) is 10.8. The Balaban J connectivity index is 2.22. The molecule has 23 heavy (non-hydrogen) atoms. The van der Waals surface area contributed by atoms with Crippen LogP contribution in [0.15, 0.2) is 0 Å². The summed E-state index contributed by atoms with van der Waals surface area (Å²) < 4.78 is 0. The van der Waals surface area contributed by atoms with Crippen molar-refractivity contribution in [3.8, 4) is 0 Å². The van der Waals surface area contributed by atoms with E-state index in [4.69, 9.17) is 0 Å². The largest absolute Gasteiger partial charge is 0.342 e. The fourth-order valence-corrected chi connectivity index (χ4v) is 3.52. The fraction of sp³-hybridized carbons (Fsp3) is 0.812. The van der Waals surface area contributed by atoms with E-state index < -0.39 is 0 Å². The van der Waals surface area contributed by atoms with E-state index in [0.717, 1.165) is 0 Å². The highest BCUT2D eigenvalue weighted by atomic mass is 16.2. The van der Waals surface area contributed by atoms with Gasteiger partial charge in [-0.3, -0.25) is 9.59 Å². The van der Waals surface area contributed by atoms with Gasteiger partial charge in [-0.15, -0.1) is 0 Å². The third-order valence-corrected chi connectivity index (χ3v) is 4.62. The minimum Gasteiger partial charge on any atom is -0.342 e. The van der Waals surface area contributed by atoms with Crippen molar-refractivity contribution in [1.29, 1.82) is 0 Å². The Morgan fingerprint density at radius 3 is 2.30 bits per heavy atom. The Labute approximate surface area is 138 Å². The minimum atomic E-state index is -0.358. The molecule has 4 amide bonds. The summed E-state index contributed by atoms with van der Waals surface area (Å²) in [4.78, 5) is 41.9. The number of nitrogens with one attached hydrogen (secondary N) is 1. The topological polar surface area (TPSA) is 73.0 Å². The van der Waals surface area contributed by atoms with Crippen LogP contribution in [0.2, 0.25) is 0 Å². The van der Waals surface area contributed by atoms with E-state index in [0.29, 0.717) is 45.7 Å². The highest BCUT2D eigenvalue weighted by Gasteiger charge is 2.47. The Kier molecular flexibility index (Phi) is 5.16. The number of hydrogen-bond acceptors (Lipinski definition) is 3. The molecule has 0 aromatic heterocycles. The number of urea groups is 1. The van der Waals surface area contributed by atoms with E-state index in [1.807, 2.05) is 25.7 Å². The van der Waals surface area contributed by atoms with Crippen LogP contribution >= 0.6 is 0 Å². The van der Waals surface area contributed by atoms with Crippen molar-refractivity contribution in [1.82, 2.24) is 20.0 Å². The number of carbonyl (C=O) groups is 3. The second kappa shape index (κ2) is 6.76. The maximum Gasteiger partial charge on any atom is 0.317 e. The molecule has 2 heterocycles. The van der Waals surface area contributed by atoms with Gasteiger partial charge in [-0.05, 0) is 20.8 Å². The molecule has 0 radical (unpaired) electrons. The van der Waals surface area contributed by atoms with Crippen LogP contribution in [-0.4, -0.2) is 77.9 Å². The van der Waals surface area contributed by atoms with Gasteiger partial charge in [0.05, 0.1) is 0 Å². The quantitative estimate of drug-likeness (QED) is 0.804. The summed E-state index contributed by atoms with van der Waals surface area (Å²) in [7, 11) is 0. The summed E-state index contributed by atoms with van der Waals surface area (Å²) in [5, 5.41) is 2.91. The second-order valence-corrected chi connectivity index (χ2v) is 7.05. The number of likely N-dealkylation sites (tertiary alicyclic amines) is 1. The summed E-state index contributed by atoms with van der Waals surface area (Å²) in [6.45, 7) is 10.7. The molecule has 2 saturated heterocycles. The monoisotopic (exact) mass is 324 g/mol. The SMILES string of the molecule is CCN1C[C@@]2(CC1=O)CN(C(C)=O)CCN(C(=O)NC(C)C)C2. The van der Waals surface area contributed by atoms with Gasteiger partial charge in [-0.25, -0.2) is 4.79 Å². The summed E-state index contributed by atoms with van der Waals surface area (Å²) in [6.07, 6.45) is 0.399. The normalized spacial score (nSPS) is 25.3. The summed E-state index contributed by atoms with van der Waals surface area (Å²) >= 11 is 0. The zero-order valence-corrected chi connectivity index (χ0v) is 14.6. The fourth-order valence-electron chi connectivity index (χ4n) is 3.52. The van der Waals surface area contributed by atoms with Gasteiger partial charge in [0.1, 0.15) is 0 Å². The highest BCUT2D eigenvalue weighted by molar-refractivity contribution is 5.81. The van der Waals surface area contributed by atoms with Crippen LogP contribution in [0.3, 0.4) is 0 Å². The van der Waals surface area contributed by atoms with Crippen molar-refractivity contribution in [2.75, 3.05) is 39.3 Å². The molecule has 0 aliphatic carbocycles. The van der Waals surface area contributed by atoms with E-state index in [2.05, 4.69) is 5.32 Å². The van der Waals surface area contributed by atoms with E-state index in [-0.39, 0.29) is 29.3 Å². The lowest BCUT2D eigenvalue weighted by atomic mass is 9.86. The first-order valence-electron chi connectivity index (χ1n) is 8.35. The molecular formula is C16H28N4O3. The van der Waals surface area contributed by atoms with Gasteiger partial charge in [0, 0.05) is 64.1 Å². The van der Waals surface area contributed by atoms with Gasteiger partial charge in [-0.2, -0.15) is 0 Å². The lowest BCUT2D eigenvalue weighted by Crippen LogP contribution is -2.49. The van der Waals surface area contributed by atoms with Gasteiger partial charge >= 0.3 is 6.03 Å². The van der Waals surface area contributed by atoms with Crippen molar-refractivity contribution in [2.45, 2.75) is 40.2 Å². The highest BCUT2D eigenvalue weighted by Crippen LogP contribution is 2.35. The standard InChI is InChI=1S/C16H28N4O3/c1-5-18-9-16(8-14(18)22)10-19(13(4)21)6-7-20(11-16)15(23)17-12(2)3/h12H,5-11H2,1-4H3,(H,17,23)/t16-/m0/s1. The van der Waals surface area contributed by atoms with Crippen LogP contribution in [0.1, 0.15) is 34.1 Å². The molecule has 0 unspecified atom stereocenters. The minimum absolute atomic E-state index is 0.00195. The summed E-state index contributed by atoms with van der Waals surface area (Å²) in [5.41, 5.74) is -0.358. The summed E-state index contributed by atoms with van der Waals surface area (Å²) in [5.74, 6) is 0.111. The molecule has 1 N–H and O–H groups in total. The van der Waals surface area contributed by atoms with Crippen LogP contribution < -0.4 is 5.32 Å². The zero-order chi connectivity index (χ0) is 17.2. The molecule has 1 spiro atoms. The number of carbonyl (C=O) groups excluding carboxylic acids is 3. The second-order valence-electron chi connectivity index (χ2n) is 7.05. The van der Waals surface area contributed by atoms with Crippen molar-refractivity contribution < 1.29 is 14.4 Å². The summed E-state index contributed by atoms with van der Waals surface area (Å²) in [6, 6.07) is -0.0601. The molecule has 2 aliphatic heterocycles. The number of rotatable bonds is 2. The predicted octanol–water partition coefficient (Wildman–Crippen LogP) is 0.507. The van der Waals surface area contributed by atoms with Gasteiger partial charge < -0.3 is 20.0 Å². The van der Waals surface area contributed by atoms with Crippen molar-refractivity contribution in [3.63, 3.8) is 0 Å². The molecular weight excluding hydrogens is 296 g/mol. The number of nitrogens with zero attached hydrogens (tertiary/aromatic N) is 3. The molecule has 0 aromatic carbocycles.